The van der Waals surface area contributed by atoms with Crippen LogP contribution in [0.25, 0.3) is 0 Å². The van der Waals surface area contributed by atoms with E-state index >= 15 is 0 Å². The zero-order chi connectivity index (χ0) is 13.5. The monoisotopic (exact) mass is 248 g/mol. The first kappa shape index (κ1) is 13.8. The maximum atomic E-state index is 11.5. The minimum atomic E-state index is -1.03. The molecule has 5 nitrogen and oxygen atoms in total. The van der Waals surface area contributed by atoms with Gasteiger partial charge in [-0.05, 0) is 31.5 Å². The van der Waals surface area contributed by atoms with Crippen molar-refractivity contribution in [3.8, 4) is 0 Å². The van der Waals surface area contributed by atoms with Gasteiger partial charge in [-0.2, -0.15) is 0 Å². The van der Waals surface area contributed by atoms with Crippen molar-refractivity contribution in [1.82, 2.24) is 5.32 Å². The molecule has 96 valence electrons. The van der Waals surface area contributed by atoms with Gasteiger partial charge in [0, 0.05) is 11.9 Å². The fourth-order valence-electron chi connectivity index (χ4n) is 1.19. The number of carbonyl (C=O) groups is 2. The molecule has 0 radical (unpaired) electrons. The summed E-state index contributed by atoms with van der Waals surface area (Å²) >= 11 is 0. The molecule has 0 saturated heterocycles. The van der Waals surface area contributed by atoms with E-state index in [1.165, 1.54) is 12.1 Å². The summed E-state index contributed by atoms with van der Waals surface area (Å²) in [4.78, 5) is 22.3. The highest BCUT2D eigenvalue weighted by molar-refractivity contribution is 5.93. The van der Waals surface area contributed by atoms with Crippen LogP contribution in [0, 0.1) is 0 Å². The number of carboxylic acids is 1. The van der Waals surface area contributed by atoms with Crippen molar-refractivity contribution in [2.45, 2.75) is 20.3 Å². The zero-order valence-electron chi connectivity index (χ0n) is 10.4. The molecule has 1 aromatic rings. The summed E-state index contributed by atoms with van der Waals surface area (Å²) in [5.74, 6) is -1.03. The van der Waals surface area contributed by atoms with Crippen molar-refractivity contribution in [2.75, 3.05) is 5.32 Å². The number of hydrogen-bond donors (Lipinski definition) is 3. The second-order valence-electron chi connectivity index (χ2n) is 3.83. The van der Waals surface area contributed by atoms with Gasteiger partial charge in [0.25, 0.3) is 0 Å². The fraction of sp³-hybridized carbons (Fsp3) is 0.231. The minimum Gasteiger partial charge on any atom is -0.478 e. The van der Waals surface area contributed by atoms with E-state index in [4.69, 9.17) is 5.11 Å². The number of anilines is 1. The zero-order valence-corrected chi connectivity index (χ0v) is 10.4. The van der Waals surface area contributed by atoms with E-state index in [1.54, 1.807) is 18.3 Å². The number of carbonyl (C=O) groups excluding carboxylic acids is 1. The summed E-state index contributed by atoms with van der Waals surface area (Å²) in [6.45, 7) is 3.90. The molecule has 3 N–H and O–H groups in total. The standard InChI is InChI=1S/C13H16N2O3/c1-3-9(2)8-14-13(18)15-11-6-4-5-10(7-11)12(16)17/h4-8H,3H2,1-2H3,(H,16,17)(H2,14,15,18)/b9-8+. The lowest BCUT2D eigenvalue weighted by Crippen LogP contribution is -2.24. The number of allylic oxidation sites excluding steroid dienone is 1. The predicted octanol–water partition coefficient (Wildman–Crippen LogP) is 2.82. The van der Waals surface area contributed by atoms with Crippen LogP contribution in [0.5, 0.6) is 0 Å². The number of carboxylic acid groups (broad SMARTS) is 1. The highest BCUT2D eigenvalue weighted by atomic mass is 16.4. The van der Waals surface area contributed by atoms with Crippen LogP contribution in [0.2, 0.25) is 0 Å². The van der Waals surface area contributed by atoms with Gasteiger partial charge in [0.2, 0.25) is 0 Å². The van der Waals surface area contributed by atoms with Crippen LogP contribution in [-0.4, -0.2) is 17.1 Å². The predicted molar refractivity (Wildman–Crippen MR) is 69.6 cm³/mol. The van der Waals surface area contributed by atoms with E-state index < -0.39 is 12.0 Å². The largest absolute Gasteiger partial charge is 0.478 e. The lowest BCUT2D eigenvalue weighted by atomic mass is 10.2. The lowest BCUT2D eigenvalue weighted by molar-refractivity contribution is 0.0697. The first-order chi connectivity index (χ1) is 8.52. The van der Waals surface area contributed by atoms with Crippen LogP contribution < -0.4 is 10.6 Å². The number of hydrogen-bond acceptors (Lipinski definition) is 2. The smallest absolute Gasteiger partial charge is 0.335 e. The summed E-state index contributed by atoms with van der Waals surface area (Å²) in [6.07, 6.45) is 2.48. The number of aromatic carboxylic acids is 1. The van der Waals surface area contributed by atoms with Crippen molar-refractivity contribution in [2.24, 2.45) is 0 Å². The molecule has 0 fully saturated rings. The number of benzene rings is 1. The second kappa shape index (κ2) is 6.44. The maximum Gasteiger partial charge on any atom is 0.335 e. The average Bonchev–Trinajstić information content (AvgIpc) is 2.36. The van der Waals surface area contributed by atoms with Crippen LogP contribution in [0.1, 0.15) is 30.6 Å². The molecule has 0 atom stereocenters. The Morgan fingerprint density at radius 2 is 2.11 bits per heavy atom. The van der Waals surface area contributed by atoms with Crippen molar-refractivity contribution in [3.05, 3.63) is 41.6 Å². The molecule has 1 aromatic carbocycles. The topological polar surface area (TPSA) is 78.4 Å². The molecule has 0 aromatic heterocycles. The van der Waals surface area contributed by atoms with E-state index in [0.29, 0.717) is 5.69 Å². The molecule has 2 amide bonds. The average molecular weight is 248 g/mol. The van der Waals surface area contributed by atoms with Crippen molar-refractivity contribution < 1.29 is 14.7 Å². The van der Waals surface area contributed by atoms with Gasteiger partial charge in [-0.1, -0.05) is 18.6 Å². The van der Waals surface area contributed by atoms with Gasteiger partial charge in [0.1, 0.15) is 0 Å². The number of amides is 2. The van der Waals surface area contributed by atoms with E-state index in [0.717, 1.165) is 12.0 Å². The van der Waals surface area contributed by atoms with Crippen LogP contribution in [0.4, 0.5) is 10.5 Å². The summed E-state index contributed by atoms with van der Waals surface area (Å²) in [6, 6.07) is 5.67. The molecule has 0 unspecified atom stereocenters. The van der Waals surface area contributed by atoms with Gasteiger partial charge >= 0.3 is 12.0 Å². The Bertz CT molecular complexity index is 481. The van der Waals surface area contributed by atoms with E-state index in [2.05, 4.69) is 10.6 Å². The van der Waals surface area contributed by atoms with E-state index in [9.17, 15) is 9.59 Å². The van der Waals surface area contributed by atoms with E-state index in [1.807, 2.05) is 13.8 Å². The SMILES string of the molecule is CC/C(C)=C/NC(=O)Nc1cccc(C(=O)O)c1. The highest BCUT2D eigenvalue weighted by Gasteiger charge is 2.05. The number of nitrogens with one attached hydrogen (secondary N) is 2. The third-order valence-corrected chi connectivity index (χ3v) is 2.37. The second-order valence-corrected chi connectivity index (χ2v) is 3.83. The number of urea groups is 1. The normalized spacial score (nSPS) is 10.9. The van der Waals surface area contributed by atoms with Gasteiger partial charge in [-0.15, -0.1) is 0 Å². The van der Waals surface area contributed by atoms with Crippen LogP contribution in [0.3, 0.4) is 0 Å². The third-order valence-electron chi connectivity index (χ3n) is 2.37. The molecular formula is C13H16N2O3. The van der Waals surface area contributed by atoms with Crippen LogP contribution in [-0.2, 0) is 0 Å². The quantitative estimate of drug-likeness (QED) is 0.766. The van der Waals surface area contributed by atoms with Gasteiger partial charge in [-0.3, -0.25) is 0 Å². The van der Waals surface area contributed by atoms with Gasteiger partial charge in [-0.25, -0.2) is 9.59 Å². The number of rotatable bonds is 4. The summed E-state index contributed by atoms with van der Waals surface area (Å²) < 4.78 is 0. The molecule has 5 heteroatoms. The van der Waals surface area contributed by atoms with Crippen molar-refractivity contribution in [1.29, 1.82) is 0 Å². The fourth-order valence-corrected chi connectivity index (χ4v) is 1.19. The maximum absolute atomic E-state index is 11.5. The summed E-state index contributed by atoms with van der Waals surface area (Å²) in [5, 5.41) is 13.9. The molecule has 0 spiro atoms. The summed E-state index contributed by atoms with van der Waals surface area (Å²) in [7, 11) is 0. The molecule has 0 bridgehead atoms. The minimum absolute atomic E-state index is 0.132. The van der Waals surface area contributed by atoms with Crippen molar-refractivity contribution >= 4 is 17.7 Å². The molecule has 0 aliphatic heterocycles. The van der Waals surface area contributed by atoms with Crippen molar-refractivity contribution in [3.63, 3.8) is 0 Å². The highest BCUT2D eigenvalue weighted by Crippen LogP contribution is 2.10. The Morgan fingerprint density at radius 3 is 2.72 bits per heavy atom. The van der Waals surface area contributed by atoms with Gasteiger partial charge in [0.05, 0.1) is 5.56 Å². The van der Waals surface area contributed by atoms with E-state index in [-0.39, 0.29) is 5.56 Å². The Balaban J connectivity index is 2.65. The molecule has 0 aliphatic rings. The molecule has 18 heavy (non-hydrogen) atoms. The molecule has 0 aliphatic carbocycles. The Labute approximate surface area is 106 Å². The Morgan fingerprint density at radius 1 is 1.39 bits per heavy atom. The van der Waals surface area contributed by atoms with Gasteiger partial charge < -0.3 is 15.7 Å². The molecule has 0 saturated carbocycles. The van der Waals surface area contributed by atoms with Crippen LogP contribution >= 0.6 is 0 Å². The first-order valence-corrected chi connectivity index (χ1v) is 5.59. The summed E-state index contributed by atoms with van der Waals surface area (Å²) in [5.41, 5.74) is 1.62. The third kappa shape index (κ3) is 4.29. The molecular weight excluding hydrogens is 232 g/mol. The van der Waals surface area contributed by atoms with Gasteiger partial charge in [0.15, 0.2) is 0 Å². The first-order valence-electron chi connectivity index (χ1n) is 5.59. The molecule has 1 rings (SSSR count). The lowest BCUT2D eigenvalue weighted by Gasteiger charge is -2.06. The van der Waals surface area contributed by atoms with Crippen LogP contribution in [0.15, 0.2) is 36.0 Å². The molecule has 0 heterocycles. The Kier molecular flexibility index (Phi) is 4.92. The Hall–Kier alpha value is -2.30.